The summed E-state index contributed by atoms with van der Waals surface area (Å²) in [6, 6.07) is 18.3. The number of hydrogen-bond acceptors (Lipinski definition) is 3. The van der Waals surface area contributed by atoms with E-state index in [4.69, 9.17) is 9.84 Å². The summed E-state index contributed by atoms with van der Waals surface area (Å²) in [6.07, 6.45) is -0.724. The first kappa shape index (κ1) is 18.7. The highest BCUT2D eigenvalue weighted by atomic mass is 19.1. The molecule has 3 aromatic rings. The van der Waals surface area contributed by atoms with E-state index in [2.05, 4.69) is 5.32 Å². The maximum atomic E-state index is 13.7. The van der Waals surface area contributed by atoms with Gasteiger partial charge < -0.3 is 9.84 Å². The molecule has 146 valence electrons. The van der Waals surface area contributed by atoms with Crippen LogP contribution in [0.25, 0.3) is 11.1 Å². The van der Waals surface area contributed by atoms with Crippen molar-refractivity contribution in [2.24, 2.45) is 0 Å². The summed E-state index contributed by atoms with van der Waals surface area (Å²) >= 11 is 0. The number of carboxylic acid groups (broad SMARTS) is 1. The predicted molar refractivity (Wildman–Crippen MR) is 107 cm³/mol. The first-order chi connectivity index (χ1) is 14.0. The number of hydrogen-bond donors (Lipinski definition) is 2. The topological polar surface area (TPSA) is 75.6 Å². The van der Waals surface area contributed by atoms with Crippen molar-refractivity contribution in [1.82, 2.24) is 0 Å². The van der Waals surface area contributed by atoms with Crippen LogP contribution in [0.15, 0.2) is 60.7 Å². The smallest absolute Gasteiger partial charge is 0.411 e. The molecular weight excluding hydrogens is 373 g/mol. The monoisotopic (exact) mass is 391 g/mol. The number of halogens is 1. The Morgan fingerprint density at radius 1 is 1.00 bits per heavy atom. The van der Waals surface area contributed by atoms with Gasteiger partial charge in [-0.1, -0.05) is 48.5 Å². The second-order valence-electron chi connectivity index (χ2n) is 6.85. The molecule has 0 atom stereocenters. The van der Waals surface area contributed by atoms with Gasteiger partial charge in [-0.25, -0.2) is 14.0 Å². The number of amides is 1. The van der Waals surface area contributed by atoms with Crippen LogP contribution >= 0.6 is 0 Å². The quantitative estimate of drug-likeness (QED) is 0.641. The van der Waals surface area contributed by atoms with E-state index in [0.29, 0.717) is 0 Å². The summed E-state index contributed by atoms with van der Waals surface area (Å²) in [4.78, 5) is 23.6. The summed E-state index contributed by atoms with van der Waals surface area (Å²) in [6.45, 7) is 1.57. The third kappa shape index (κ3) is 3.33. The molecular formula is C23H18FNO4. The largest absolute Gasteiger partial charge is 0.478 e. The number of aromatic carboxylic acids is 1. The zero-order valence-electron chi connectivity index (χ0n) is 15.6. The molecule has 4 rings (SSSR count). The van der Waals surface area contributed by atoms with E-state index in [-0.39, 0.29) is 23.8 Å². The summed E-state index contributed by atoms with van der Waals surface area (Å²) in [5.74, 6) is -2.33. The van der Waals surface area contributed by atoms with E-state index in [9.17, 15) is 14.0 Å². The van der Waals surface area contributed by atoms with Crippen molar-refractivity contribution in [3.8, 4) is 11.1 Å². The summed E-state index contributed by atoms with van der Waals surface area (Å²) in [7, 11) is 0. The van der Waals surface area contributed by atoms with Crippen molar-refractivity contribution in [2.45, 2.75) is 12.8 Å². The number of carbonyl (C=O) groups excluding carboxylic acids is 1. The third-order valence-electron chi connectivity index (χ3n) is 5.21. The number of ether oxygens (including phenoxy) is 1. The lowest BCUT2D eigenvalue weighted by atomic mass is 9.98. The molecule has 6 heteroatoms. The molecule has 0 saturated heterocycles. The molecule has 0 bridgehead atoms. The van der Waals surface area contributed by atoms with Crippen LogP contribution in [0, 0.1) is 12.7 Å². The van der Waals surface area contributed by atoms with Gasteiger partial charge in [-0.2, -0.15) is 0 Å². The number of nitrogens with one attached hydrogen (secondary N) is 1. The molecule has 2 N–H and O–H groups in total. The van der Waals surface area contributed by atoms with Crippen molar-refractivity contribution in [3.05, 3.63) is 88.7 Å². The first-order valence-electron chi connectivity index (χ1n) is 9.11. The third-order valence-corrected chi connectivity index (χ3v) is 5.21. The highest BCUT2D eigenvalue weighted by molar-refractivity contribution is 5.94. The molecule has 0 heterocycles. The average Bonchev–Trinajstić information content (AvgIpc) is 3.02. The molecule has 3 aromatic carbocycles. The lowest BCUT2D eigenvalue weighted by molar-refractivity contribution is 0.0691. The van der Waals surface area contributed by atoms with Crippen LogP contribution in [0.3, 0.4) is 0 Å². The minimum absolute atomic E-state index is 0.0861. The standard InChI is InChI=1S/C23H18FNO4/c1-13-20(11-10-19(24)21(13)22(26)27)25-23(28)29-12-18-16-8-4-2-6-14(16)15-7-3-5-9-17(15)18/h2-11,18H,12H2,1H3,(H,25,28)(H,26,27). The lowest BCUT2D eigenvalue weighted by Gasteiger charge is -2.15. The van der Waals surface area contributed by atoms with Crippen LogP contribution in [0.5, 0.6) is 0 Å². The van der Waals surface area contributed by atoms with Crippen molar-refractivity contribution in [2.75, 3.05) is 11.9 Å². The summed E-state index contributed by atoms with van der Waals surface area (Å²) in [5, 5.41) is 11.7. The first-order valence-corrected chi connectivity index (χ1v) is 9.11. The molecule has 1 amide bonds. The number of anilines is 1. The van der Waals surface area contributed by atoms with E-state index in [1.165, 1.54) is 13.0 Å². The van der Waals surface area contributed by atoms with Crippen molar-refractivity contribution >= 4 is 17.7 Å². The van der Waals surface area contributed by atoms with E-state index in [0.717, 1.165) is 28.3 Å². The molecule has 0 radical (unpaired) electrons. The Kier molecular flexibility index (Phi) is 4.76. The van der Waals surface area contributed by atoms with E-state index in [1.54, 1.807) is 0 Å². The summed E-state index contributed by atoms with van der Waals surface area (Å²) < 4.78 is 19.2. The molecule has 5 nitrogen and oxygen atoms in total. The number of rotatable bonds is 4. The molecule has 1 aliphatic rings. The Morgan fingerprint density at radius 2 is 1.59 bits per heavy atom. The van der Waals surface area contributed by atoms with Crippen molar-refractivity contribution in [1.29, 1.82) is 0 Å². The van der Waals surface area contributed by atoms with Gasteiger partial charge in [-0.15, -0.1) is 0 Å². The van der Waals surface area contributed by atoms with Gasteiger partial charge in [-0.3, -0.25) is 5.32 Å². The summed E-state index contributed by atoms with van der Waals surface area (Å²) in [5.41, 5.74) is 4.28. The van der Waals surface area contributed by atoms with Gasteiger partial charge >= 0.3 is 12.1 Å². The maximum absolute atomic E-state index is 13.7. The Labute approximate surface area is 166 Å². The van der Waals surface area contributed by atoms with E-state index >= 15 is 0 Å². The Balaban J connectivity index is 1.52. The normalized spacial score (nSPS) is 12.2. The van der Waals surface area contributed by atoms with Crippen molar-refractivity contribution < 1.29 is 23.8 Å². The molecule has 0 unspecified atom stereocenters. The fourth-order valence-electron chi connectivity index (χ4n) is 3.82. The fourth-order valence-corrected chi connectivity index (χ4v) is 3.82. The second-order valence-corrected chi connectivity index (χ2v) is 6.85. The molecule has 29 heavy (non-hydrogen) atoms. The van der Waals surface area contributed by atoms with Gasteiger partial charge in [0.15, 0.2) is 0 Å². The van der Waals surface area contributed by atoms with Gasteiger partial charge in [0.2, 0.25) is 0 Å². The molecule has 1 aliphatic carbocycles. The van der Waals surface area contributed by atoms with Crippen LogP contribution in [-0.2, 0) is 4.74 Å². The SMILES string of the molecule is Cc1c(NC(=O)OCC2c3ccccc3-c3ccccc32)ccc(F)c1C(=O)O. The van der Waals surface area contributed by atoms with E-state index in [1.807, 2.05) is 48.5 Å². The van der Waals surface area contributed by atoms with Gasteiger partial charge in [0.05, 0.1) is 0 Å². The van der Waals surface area contributed by atoms with E-state index < -0.39 is 23.4 Å². The highest BCUT2D eigenvalue weighted by Gasteiger charge is 2.29. The molecule has 0 spiro atoms. The zero-order valence-corrected chi connectivity index (χ0v) is 15.6. The van der Waals surface area contributed by atoms with Crippen LogP contribution in [0.2, 0.25) is 0 Å². The minimum atomic E-state index is -1.39. The molecule has 0 aromatic heterocycles. The molecule has 0 saturated carbocycles. The average molecular weight is 391 g/mol. The number of benzene rings is 3. The molecule has 0 fully saturated rings. The van der Waals surface area contributed by atoms with Crippen LogP contribution in [0.1, 0.15) is 33.0 Å². The molecule has 0 aliphatic heterocycles. The Hall–Kier alpha value is -3.67. The number of fused-ring (bicyclic) bond motifs is 3. The van der Waals surface area contributed by atoms with Crippen LogP contribution in [0.4, 0.5) is 14.9 Å². The Bertz CT molecular complexity index is 1080. The van der Waals surface area contributed by atoms with Gasteiger partial charge in [0, 0.05) is 11.6 Å². The second kappa shape index (κ2) is 7.39. The lowest BCUT2D eigenvalue weighted by Crippen LogP contribution is -2.19. The van der Waals surface area contributed by atoms with Crippen LogP contribution in [-0.4, -0.2) is 23.8 Å². The number of carboxylic acids is 1. The van der Waals surface area contributed by atoms with Crippen LogP contribution < -0.4 is 5.32 Å². The van der Waals surface area contributed by atoms with Gasteiger partial charge in [-0.05, 0) is 46.9 Å². The maximum Gasteiger partial charge on any atom is 0.411 e. The fraction of sp³-hybridized carbons (Fsp3) is 0.130. The predicted octanol–water partition coefficient (Wildman–Crippen LogP) is 5.19. The number of carbonyl (C=O) groups is 2. The Morgan fingerprint density at radius 3 is 2.17 bits per heavy atom. The minimum Gasteiger partial charge on any atom is -0.478 e. The van der Waals surface area contributed by atoms with Gasteiger partial charge in [0.25, 0.3) is 0 Å². The van der Waals surface area contributed by atoms with Crippen molar-refractivity contribution in [3.63, 3.8) is 0 Å². The van der Waals surface area contributed by atoms with Gasteiger partial charge in [0.1, 0.15) is 18.0 Å². The highest BCUT2D eigenvalue weighted by Crippen LogP contribution is 2.44. The zero-order chi connectivity index (χ0) is 20.5.